The lowest BCUT2D eigenvalue weighted by molar-refractivity contribution is 0.225. The topological polar surface area (TPSA) is 56.7 Å². The first-order valence-electron chi connectivity index (χ1n) is 6.92. The van der Waals surface area contributed by atoms with Crippen molar-refractivity contribution >= 4 is 5.82 Å². The molecule has 0 spiro atoms. The second-order valence-corrected chi connectivity index (χ2v) is 4.93. The monoisotopic (exact) mass is 258 g/mol. The van der Waals surface area contributed by atoms with Crippen molar-refractivity contribution in [2.45, 2.75) is 45.6 Å². The number of hydrogen-bond acceptors (Lipinski definition) is 3. The van der Waals surface area contributed by atoms with Gasteiger partial charge < -0.3 is 5.73 Å². The van der Waals surface area contributed by atoms with Gasteiger partial charge in [-0.05, 0) is 37.0 Å². The molecule has 0 aliphatic heterocycles. The van der Waals surface area contributed by atoms with Crippen molar-refractivity contribution < 1.29 is 0 Å². The molecule has 0 atom stereocenters. The van der Waals surface area contributed by atoms with Gasteiger partial charge in [0.1, 0.15) is 5.82 Å². The van der Waals surface area contributed by atoms with Gasteiger partial charge in [-0.1, -0.05) is 20.8 Å². The molecule has 0 saturated heterocycles. The fourth-order valence-corrected chi connectivity index (χ4v) is 2.60. The number of hydrogen-bond donors (Lipinski definition) is 1. The first kappa shape index (κ1) is 13.6. The summed E-state index contributed by atoms with van der Waals surface area (Å²) in [5.74, 6) is 0.540. The molecule has 0 amide bonds. The average Bonchev–Trinajstić information content (AvgIpc) is 2.92. The van der Waals surface area contributed by atoms with Gasteiger partial charge in [0.2, 0.25) is 0 Å². The maximum Gasteiger partial charge on any atom is 0.123 e. The van der Waals surface area contributed by atoms with Gasteiger partial charge in [0, 0.05) is 18.0 Å². The van der Waals surface area contributed by atoms with Crippen LogP contribution in [0.1, 0.15) is 40.0 Å². The lowest BCUT2D eigenvalue weighted by Crippen LogP contribution is -2.31. The molecule has 4 nitrogen and oxygen atoms in total. The Balaban J connectivity index is 2.38. The van der Waals surface area contributed by atoms with Gasteiger partial charge in [0.05, 0.1) is 11.7 Å². The largest absolute Gasteiger partial charge is 0.384 e. The van der Waals surface area contributed by atoms with Gasteiger partial charge in [-0.2, -0.15) is 5.10 Å². The standard InChI is InChI=1S/C15H22N4/c1-4-15(5-2,6-3)19-11-13(10-18-19)12-7-8-17-14(16)9-12/h7-11H,4-6H2,1-3H3,(H2,16,17). The van der Waals surface area contributed by atoms with Crippen LogP contribution in [0.2, 0.25) is 0 Å². The maximum absolute atomic E-state index is 5.73. The number of pyridine rings is 1. The minimum atomic E-state index is 0.122. The van der Waals surface area contributed by atoms with E-state index in [-0.39, 0.29) is 5.54 Å². The summed E-state index contributed by atoms with van der Waals surface area (Å²) < 4.78 is 2.11. The molecule has 0 bridgehead atoms. The quantitative estimate of drug-likeness (QED) is 0.893. The van der Waals surface area contributed by atoms with Crippen molar-refractivity contribution in [3.63, 3.8) is 0 Å². The van der Waals surface area contributed by atoms with Gasteiger partial charge in [-0.3, -0.25) is 4.68 Å². The smallest absolute Gasteiger partial charge is 0.123 e. The number of nitrogens with zero attached hydrogens (tertiary/aromatic N) is 3. The molecule has 0 fully saturated rings. The summed E-state index contributed by atoms with van der Waals surface area (Å²) in [5, 5.41) is 4.56. The number of nitrogens with two attached hydrogens (primary N) is 1. The molecule has 2 aromatic rings. The van der Waals surface area contributed by atoms with Crippen molar-refractivity contribution in [1.29, 1.82) is 0 Å². The molecule has 2 aromatic heterocycles. The zero-order valence-electron chi connectivity index (χ0n) is 11.9. The van der Waals surface area contributed by atoms with Crippen LogP contribution in [0.25, 0.3) is 11.1 Å². The molecule has 2 rings (SSSR count). The fourth-order valence-electron chi connectivity index (χ4n) is 2.60. The summed E-state index contributed by atoms with van der Waals surface area (Å²) >= 11 is 0. The van der Waals surface area contributed by atoms with E-state index < -0.39 is 0 Å². The number of anilines is 1. The highest BCUT2D eigenvalue weighted by Crippen LogP contribution is 2.30. The normalized spacial score (nSPS) is 11.7. The van der Waals surface area contributed by atoms with Crippen LogP contribution in [0.15, 0.2) is 30.7 Å². The lowest BCUT2D eigenvalue weighted by atomic mass is 9.90. The summed E-state index contributed by atoms with van der Waals surface area (Å²) in [6, 6.07) is 3.84. The van der Waals surface area contributed by atoms with Crippen LogP contribution in [0.3, 0.4) is 0 Å². The lowest BCUT2D eigenvalue weighted by Gasteiger charge is -2.31. The molecule has 0 radical (unpaired) electrons. The predicted octanol–water partition coefficient (Wildman–Crippen LogP) is 3.45. The second kappa shape index (κ2) is 5.43. The third-order valence-corrected chi connectivity index (χ3v) is 4.16. The maximum atomic E-state index is 5.73. The van der Waals surface area contributed by atoms with Crippen molar-refractivity contribution in [2.24, 2.45) is 0 Å². The van der Waals surface area contributed by atoms with Crippen LogP contribution in [0, 0.1) is 0 Å². The molecule has 0 aliphatic carbocycles. The molecule has 0 aliphatic rings. The van der Waals surface area contributed by atoms with E-state index in [9.17, 15) is 0 Å². The molecular weight excluding hydrogens is 236 g/mol. The zero-order chi connectivity index (χ0) is 13.9. The summed E-state index contributed by atoms with van der Waals surface area (Å²) in [6.07, 6.45) is 9.00. The van der Waals surface area contributed by atoms with E-state index >= 15 is 0 Å². The zero-order valence-corrected chi connectivity index (χ0v) is 11.9. The highest BCUT2D eigenvalue weighted by atomic mass is 15.3. The second-order valence-electron chi connectivity index (χ2n) is 4.93. The number of aromatic nitrogens is 3. The van der Waals surface area contributed by atoms with E-state index in [1.807, 2.05) is 18.3 Å². The average molecular weight is 258 g/mol. The highest BCUT2D eigenvalue weighted by Gasteiger charge is 2.26. The third kappa shape index (κ3) is 2.48. The van der Waals surface area contributed by atoms with Crippen molar-refractivity contribution in [2.75, 3.05) is 5.73 Å². The number of nitrogen functional groups attached to an aromatic ring is 1. The van der Waals surface area contributed by atoms with Crippen LogP contribution in [-0.2, 0) is 5.54 Å². The van der Waals surface area contributed by atoms with Crippen LogP contribution in [0.5, 0.6) is 0 Å². The van der Waals surface area contributed by atoms with E-state index in [4.69, 9.17) is 5.73 Å². The highest BCUT2D eigenvalue weighted by molar-refractivity contribution is 5.64. The predicted molar refractivity (Wildman–Crippen MR) is 78.7 cm³/mol. The van der Waals surface area contributed by atoms with Crippen molar-refractivity contribution in [3.8, 4) is 11.1 Å². The molecule has 2 N–H and O–H groups in total. The van der Waals surface area contributed by atoms with E-state index in [0.717, 1.165) is 30.4 Å². The Morgan fingerprint density at radius 2 is 1.84 bits per heavy atom. The Morgan fingerprint density at radius 1 is 1.16 bits per heavy atom. The van der Waals surface area contributed by atoms with E-state index in [1.165, 1.54) is 0 Å². The van der Waals surface area contributed by atoms with Gasteiger partial charge in [-0.15, -0.1) is 0 Å². The Kier molecular flexibility index (Phi) is 3.88. The van der Waals surface area contributed by atoms with E-state index in [1.54, 1.807) is 6.20 Å². The van der Waals surface area contributed by atoms with Gasteiger partial charge in [0.15, 0.2) is 0 Å². The minimum Gasteiger partial charge on any atom is -0.384 e. The SMILES string of the molecule is CCC(CC)(CC)n1cc(-c2ccnc(N)c2)cn1. The summed E-state index contributed by atoms with van der Waals surface area (Å²) in [4.78, 5) is 4.02. The summed E-state index contributed by atoms with van der Waals surface area (Å²) in [6.45, 7) is 6.66. The Bertz CT molecular complexity index is 532. The van der Waals surface area contributed by atoms with Crippen LogP contribution < -0.4 is 5.73 Å². The van der Waals surface area contributed by atoms with Gasteiger partial charge in [0.25, 0.3) is 0 Å². The molecule has 0 aromatic carbocycles. The molecule has 2 heterocycles. The Morgan fingerprint density at radius 3 is 2.42 bits per heavy atom. The Hall–Kier alpha value is -1.84. The van der Waals surface area contributed by atoms with Crippen LogP contribution in [-0.4, -0.2) is 14.8 Å². The third-order valence-electron chi connectivity index (χ3n) is 4.16. The van der Waals surface area contributed by atoms with Crippen molar-refractivity contribution in [1.82, 2.24) is 14.8 Å². The van der Waals surface area contributed by atoms with E-state index in [2.05, 4.69) is 41.7 Å². The van der Waals surface area contributed by atoms with Gasteiger partial charge in [-0.25, -0.2) is 4.98 Å². The first-order chi connectivity index (χ1) is 9.15. The first-order valence-corrected chi connectivity index (χ1v) is 6.92. The van der Waals surface area contributed by atoms with E-state index in [0.29, 0.717) is 5.82 Å². The fraction of sp³-hybridized carbons (Fsp3) is 0.467. The van der Waals surface area contributed by atoms with Crippen molar-refractivity contribution in [3.05, 3.63) is 30.7 Å². The molecule has 0 saturated carbocycles. The van der Waals surface area contributed by atoms with Crippen LogP contribution in [0.4, 0.5) is 5.82 Å². The van der Waals surface area contributed by atoms with Gasteiger partial charge >= 0.3 is 0 Å². The molecule has 4 heteroatoms. The summed E-state index contributed by atoms with van der Waals surface area (Å²) in [7, 11) is 0. The Labute approximate surface area is 114 Å². The molecule has 0 unspecified atom stereocenters. The number of rotatable bonds is 5. The molecule has 19 heavy (non-hydrogen) atoms. The van der Waals surface area contributed by atoms with Crippen LogP contribution >= 0.6 is 0 Å². The molecular formula is C15H22N4. The minimum absolute atomic E-state index is 0.122. The summed E-state index contributed by atoms with van der Waals surface area (Å²) in [5.41, 5.74) is 8.01. The molecule has 102 valence electrons.